The molecule has 0 spiro atoms. The Bertz CT molecular complexity index is 391. The molecule has 0 aliphatic carbocycles. The molecule has 92 valence electrons. The fourth-order valence-electron chi connectivity index (χ4n) is 1.94. The van der Waals surface area contributed by atoms with Crippen LogP contribution in [0.5, 0.6) is 0 Å². The van der Waals surface area contributed by atoms with Gasteiger partial charge in [0.05, 0.1) is 5.75 Å². The van der Waals surface area contributed by atoms with E-state index in [1.807, 2.05) is 17.0 Å². The van der Waals surface area contributed by atoms with E-state index in [1.165, 1.54) is 18.4 Å². The topological polar surface area (TPSA) is 20.3 Å². The van der Waals surface area contributed by atoms with Crippen LogP contribution in [0.25, 0.3) is 0 Å². The fourth-order valence-corrected chi connectivity index (χ4v) is 3.26. The van der Waals surface area contributed by atoms with Crippen LogP contribution in [0.1, 0.15) is 18.4 Å². The van der Waals surface area contributed by atoms with E-state index in [0.717, 1.165) is 23.3 Å². The molecule has 2 nitrogen and oxygen atoms in total. The number of halogens is 1. The highest BCUT2D eigenvalue weighted by Crippen LogP contribution is 2.18. The van der Waals surface area contributed by atoms with Gasteiger partial charge in [-0.2, -0.15) is 0 Å². The molecule has 4 heteroatoms. The van der Waals surface area contributed by atoms with Gasteiger partial charge < -0.3 is 4.90 Å². The molecule has 0 bridgehead atoms. The van der Waals surface area contributed by atoms with Gasteiger partial charge in [-0.1, -0.05) is 28.1 Å². The second-order valence-electron chi connectivity index (χ2n) is 4.21. The van der Waals surface area contributed by atoms with Crippen molar-refractivity contribution in [3.05, 3.63) is 34.3 Å². The van der Waals surface area contributed by atoms with Gasteiger partial charge in [-0.25, -0.2) is 0 Å². The number of hydrogen-bond donors (Lipinski definition) is 0. The molecule has 17 heavy (non-hydrogen) atoms. The van der Waals surface area contributed by atoms with Crippen LogP contribution >= 0.6 is 27.7 Å². The lowest BCUT2D eigenvalue weighted by Gasteiger charge is -2.14. The molecule has 0 aromatic heterocycles. The SMILES string of the molecule is O=C(CSCc1cccc(Br)c1)N1CCCC1. The number of amides is 1. The number of hydrogen-bond acceptors (Lipinski definition) is 2. The first-order chi connectivity index (χ1) is 8.25. The Kier molecular flexibility index (Phi) is 4.92. The van der Waals surface area contributed by atoms with Gasteiger partial charge in [0.2, 0.25) is 5.91 Å². The molecule has 0 atom stereocenters. The Labute approximate surface area is 115 Å². The normalized spacial score (nSPS) is 15.2. The first-order valence-corrected chi connectivity index (χ1v) is 7.80. The van der Waals surface area contributed by atoms with Crippen LogP contribution in [0.3, 0.4) is 0 Å². The maximum Gasteiger partial charge on any atom is 0.232 e. The van der Waals surface area contributed by atoms with Gasteiger partial charge >= 0.3 is 0 Å². The number of benzene rings is 1. The van der Waals surface area contributed by atoms with E-state index in [0.29, 0.717) is 11.7 Å². The zero-order valence-corrected chi connectivity index (χ0v) is 12.1. The molecule has 1 aromatic carbocycles. The van der Waals surface area contributed by atoms with E-state index >= 15 is 0 Å². The van der Waals surface area contributed by atoms with Gasteiger partial charge in [-0.3, -0.25) is 4.79 Å². The molecule has 1 amide bonds. The molecule has 0 N–H and O–H groups in total. The minimum absolute atomic E-state index is 0.294. The van der Waals surface area contributed by atoms with Crippen molar-refractivity contribution in [3.63, 3.8) is 0 Å². The Morgan fingerprint density at radius 1 is 1.35 bits per heavy atom. The molecule has 1 aromatic rings. The molecular formula is C13H16BrNOS. The van der Waals surface area contributed by atoms with Crippen molar-refractivity contribution in [1.82, 2.24) is 4.90 Å². The second kappa shape index (κ2) is 6.45. The van der Waals surface area contributed by atoms with Crippen molar-refractivity contribution in [2.24, 2.45) is 0 Å². The van der Waals surface area contributed by atoms with Gasteiger partial charge in [-0.05, 0) is 30.5 Å². The van der Waals surface area contributed by atoms with Crippen LogP contribution < -0.4 is 0 Å². The van der Waals surface area contributed by atoms with Gasteiger partial charge in [0.15, 0.2) is 0 Å². The molecule has 1 aliphatic rings. The number of carbonyl (C=O) groups excluding carboxylic acids is 1. The summed E-state index contributed by atoms with van der Waals surface area (Å²) < 4.78 is 1.10. The van der Waals surface area contributed by atoms with Gasteiger partial charge in [0, 0.05) is 23.3 Å². The van der Waals surface area contributed by atoms with Gasteiger partial charge in [-0.15, -0.1) is 11.8 Å². The third-order valence-electron chi connectivity index (χ3n) is 2.84. The minimum atomic E-state index is 0.294. The third-order valence-corrected chi connectivity index (χ3v) is 4.32. The Morgan fingerprint density at radius 2 is 2.12 bits per heavy atom. The first kappa shape index (κ1) is 13.0. The standard InChI is InChI=1S/C13H16BrNOS/c14-12-5-3-4-11(8-12)9-17-10-13(16)15-6-1-2-7-15/h3-5,8H,1-2,6-7,9-10H2. The summed E-state index contributed by atoms with van der Waals surface area (Å²) in [4.78, 5) is 13.8. The van der Waals surface area contributed by atoms with Crippen LogP contribution in [0.15, 0.2) is 28.7 Å². The predicted molar refractivity (Wildman–Crippen MR) is 76.1 cm³/mol. The second-order valence-corrected chi connectivity index (χ2v) is 6.11. The lowest BCUT2D eigenvalue weighted by Crippen LogP contribution is -2.29. The van der Waals surface area contributed by atoms with Crippen molar-refractivity contribution in [2.75, 3.05) is 18.8 Å². The van der Waals surface area contributed by atoms with Crippen molar-refractivity contribution in [2.45, 2.75) is 18.6 Å². The summed E-state index contributed by atoms with van der Waals surface area (Å²) >= 11 is 5.15. The number of rotatable bonds is 4. The molecule has 1 fully saturated rings. The van der Waals surface area contributed by atoms with E-state index in [9.17, 15) is 4.79 Å². The number of likely N-dealkylation sites (tertiary alicyclic amines) is 1. The molecule has 0 radical (unpaired) electrons. The minimum Gasteiger partial charge on any atom is -0.342 e. The van der Waals surface area contributed by atoms with Crippen LogP contribution in [0, 0.1) is 0 Å². The summed E-state index contributed by atoms with van der Waals surface area (Å²) in [6, 6.07) is 8.25. The Hall–Kier alpha value is -0.480. The summed E-state index contributed by atoms with van der Waals surface area (Å²) in [5, 5.41) is 0. The number of nitrogens with zero attached hydrogens (tertiary/aromatic N) is 1. The zero-order valence-electron chi connectivity index (χ0n) is 9.69. The first-order valence-electron chi connectivity index (χ1n) is 5.85. The lowest BCUT2D eigenvalue weighted by molar-refractivity contribution is -0.127. The molecule has 0 saturated carbocycles. The highest BCUT2D eigenvalue weighted by molar-refractivity contribution is 9.10. The fraction of sp³-hybridized carbons (Fsp3) is 0.462. The molecule has 1 heterocycles. The van der Waals surface area contributed by atoms with Crippen molar-refractivity contribution in [3.8, 4) is 0 Å². The van der Waals surface area contributed by atoms with Crippen molar-refractivity contribution >= 4 is 33.6 Å². The van der Waals surface area contributed by atoms with E-state index < -0.39 is 0 Å². The quantitative estimate of drug-likeness (QED) is 0.850. The van der Waals surface area contributed by atoms with Crippen molar-refractivity contribution < 1.29 is 4.79 Å². The number of thioether (sulfide) groups is 1. The molecule has 1 aliphatic heterocycles. The summed E-state index contributed by atoms with van der Waals surface area (Å²) in [6.45, 7) is 1.91. The van der Waals surface area contributed by atoms with Gasteiger partial charge in [0.25, 0.3) is 0 Å². The van der Waals surface area contributed by atoms with Crippen LogP contribution in [-0.2, 0) is 10.5 Å². The maximum absolute atomic E-state index is 11.8. The molecule has 1 saturated heterocycles. The van der Waals surface area contributed by atoms with E-state index in [2.05, 4.69) is 28.1 Å². The van der Waals surface area contributed by atoms with E-state index in [4.69, 9.17) is 0 Å². The average molecular weight is 314 g/mol. The van der Waals surface area contributed by atoms with Crippen LogP contribution in [0.2, 0.25) is 0 Å². The summed E-state index contributed by atoms with van der Waals surface area (Å²) in [6.07, 6.45) is 2.34. The summed E-state index contributed by atoms with van der Waals surface area (Å²) in [5.41, 5.74) is 1.26. The highest BCUT2D eigenvalue weighted by atomic mass is 79.9. The van der Waals surface area contributed by atoms with Crippen molar-refractivity contribution in [1.29, 1.82) is 0 Å². The lowest BCUT2D eigenvalue weighted by atomic mass is 10.2. The van der Waals surface area contributed by atoms with Crippen LogP contribution in [0.4, 0.5) is 0 Å². The molecule has 0 unspecified atom stereocenters. The molecular weight excluding hydrogens is 298 g/mol. The predicted octanol–water partition coefficient (Wildman–Crippen LogP) is 3.30. The van der Waals surface area contributed by atoms with E-state index in [-0.39, 0.29) is 0 Å². The number of carbonyl (C=O) groups is 1. The Morgan fingerprint density at radius 3 is 2.82 bits per heavy atom. The van der Waals surface area contributed by atoms with Gasteiger partial charge in [0.1, 0.15) is 0 Å². The van der Waals surface area contributed by atoms with Crippen LogP contribution in [-0.4, -0.2) is 29.6 Å². The smallest absolute Gasteiger partial charge is 0.232 e. The maximum atomic E-state index is 11.8. The largest absolute Gasteiger partial charge is 0.342 e. The zero-order chi connectivity index (χ0) is 12.1. The highest BCUT2D eigenvalue weighted by Gasteiger charge is 2.17. The Balaban J connectivity index is 1.73. The average Bonchev–Trinajstić information content (AvgIpc) is 2.82. The van der Waals surface area contributed by atoms with E-state index in [1.54, 1.807) is 11.8 Å². The summed E-state index contributed by atoms with van der Waals surface area (Å²) in [5.74, 6) is 1.80. The third kappa shape index (κ3) is 4.03. The molecule has 2 rings (SSSR count). The summed E-state index contributed by atoms with van der Waals surface area (Å²) in [7, 11) is 0. The monoisotopic (exact) mass is 313 g/mol.